The van der Waals surface area contributed by atoms with E-state index in [0.29, 0.717) is 13.0 Å². The van der Waals surface area contributed by atoms with E-state index in [1.54, 1.807) is 11.3 Å². The van der Waals surface area contributed by atoms with Crippen molar-refractivity contribution in [3.8, 4) is 0 Å². The van der Waals surface area contributed by atoms with E-state index in [0.717, 1.165) is 38.6 Å². The van der Waals surface area contributed by atoms with Crippen LogP contribution >= 0.6 is 11.3 Å². The lowest BCUT2D eigenvalue weighted by Crippen LogP contribution is -2.72. The van der Waals surface area contributed by atoms with Gasteiger partial charge in [0.15, 0.2) is 5.96 Å². The minimum absolute atomic E-state index is 0.0697. The highest BCUT2D eigenvalue weighted by molar-refractivity contribution is 7.10. The summed E-state index contributed by atoms with van der Waals surface area (Å²) in [5.41, 5.74) is 1.65. The molecule has 5 nitrogen and oxygen atoms in total. The Bertz CT molecular complexity index is 692. The first kappa shape index (κ1) is 19.2. The maximum absolute atomic E-state index is 12.6. The maximum atomic E-state index is 12.6. The molecule has 3 rings (SSSR count). The van der Waals surface area contributed by atoms with Gasteiger partial charge in [-0.25, -0.2) is 0 Å². The fraction of sp³-hybridized carbons (Fsp3) is 0.700. The second kappa shape index (κ2) is 7.22. The zero-order chi connectivity index (χ0) is 18.9. The highest BCUT2D eigenvalue weighted by Crippen LogP contribution is 2.46. The van der Waals surface area contributed by atoms with Crippen LogP contribution in [0.25, 0.3) is 0 Å². The Morgan fingerprint density at radius 3 is 2.77 bits per heavy atom. The van der Waals surface area contributed by atoms with Gasteiger partial charge in [-0.1, -0.05) is 13.8 Å². The van der Waals surface area contributed by atoms with Crippen molar-refractivity contribution in [2.75, 3.05) is 26.2 Å². The van der Waals surface area contributed by atoms with Crippen molar-refractivity contribution in [1.82, 2.24) is 15.1 Å². The van der Waals surface area contributed by atoms with Gasteiger partial charge in [0, 0.05) is 48.4 Å². The Morgan fingerprint density at radius 2 is 2.12 bits per heavy atom. The molecule has 0 aliphatic carbocycles. The van der Waals surface area contributed by atoms with Crippen LogP contribution in [-0.4, -0.2) is 53.4 Å². The molecule has 2 aliphatic rings. The first-order valence-corrected chi connectivity index (χ1v) is 10.5. The molecule has 0 saturated carbocycles. The van der Waals surface area contributed by atoms with E-state index in [1.807, 2.05) is 4.90 Å². The van der Waals surface area contributed by atoms with Crippen LogP contribution in [0.4, 0.5) is 0 Å². The number of hydrogen-bond acceptors (Lipinski definition) is 3. The molecule has 1 aromatic heterocycles. The lowest BCUT2D eigenvalue weighted by atomic mass is 9.65. The van der Waals surface area contributed by atoms with Crippen molar-refractivity contribution < 1.29 is 4.79 Å². The summed E-state index contributed by atoms with van der Waals surface area (Å²) < 4.78 is 0. The summed E-state index contributed by atoms with van der Waals surface area (Å²) in [5, 5.41) is 5.52. The van der Waals surface area contributed by atoms with Crippen LogP contribution in [0.3, 0.4) is 0 Å². The molecule has 6 heteroatoms. The number of rotatable bonds is 4. The van der Waals surface area contributed by atoms with Crippen molar-refractivity contribution in [3.05, 3.63) is 21.9 Å². The molecular weight excluding hydrogens is 344 g/mol. The normalized spacial score (nSPS) is 21.2. The van der Waals surface area contributed by atoms with Gasteiger partial charge in [-0.2, -0.15) is 0 Å². The number of amides is 1. The van der Waals surface area contributed by atoms with Crippen molar-refractivity contribution in [1.29, 1.82) is 0 Å². The van der Waals surface area contributed by atoms with Crippen LogP contribution in [0.1, 0.15) is 51.5 Å². The quantitative estimate of drug-likeness (QED) is 0.649. The highest BCUT2D eigenvalue weighted by Gasteiger charge is 2.53. The van der Waals surface area contributed by atoms with Gasteiger partial charge in [-0.3, -0.25) is 9.79 Å². The molecule has 0 unspecified atom stereocenters. The molecule has 1 amide bonds. The number of likely N-dealkylation sites (tertiary alicyclic amines) is 1. The van der Waals surface area contributed by atoms with Gasteiger partial charge in [0.1, 0.15) is 0 Å². The highest BCUT2D eigenvalue weighted by atomic mass is 32.1. The summed E-state index contributed by atoms with van der Waals surface area (Å²) >= 11 is 1.80. The summed E-state index contributed by atoms with van der Waals surface area (Å²) in [6.07, 6.45) is 1.47. The molecular formula is C20H32N4OS. The van der Waals surface area contributed by atoms with E-state index in [2.05, 4.69) is 56.3 Å². The maximum Gasteiger partial charge on any atom is 0.224 e. The number of aliphatic imine (C=N–C) groups is 1. The van der Waals surface area contributed by atoms with Crippen molar-refractivity contribution in [2.24, 2.45) is 10.4 Å². The number of nitrogens with one attached hydrogen (secondary N) is 1. The smallest absolute Gasteiger partial charge is 0.224 e. The molecule has 2 aliphatic heterocycles. The number of guanidine groups is 1. The number of hydrogen-bond donors (Lipinski definition) is 1. The van der Waals surface area contributed by atoms with Crippen LogP contribution in [0, 0.1) is 5.41 Å². The average molecular weight is 377 g/mol. The predicted octanol–water partition coefficient (Wildman–Crippen LogP) is 3.11. The van der Waals surface area contributed by atoms with Gasteiger partial charge >= 0.3 is 0 Å². The summed E-state index contributed by atoms with van der Waals surface area (Å²) in [5.74, 6) is 1.15. The average Bonchev–Trinajstić information content (AvgIpc) is 3.06. The molecule has 26 heavy (non-hydrogen) atoms. The van der Waals surface area contributed by atoms with Gasteiger partial charge in [0.2, 0.25) is 5.91 Å². The third-order valence-electron chi connectivity index (χ3n) is 6.22. The molecule has 0 bridgehead atoms. The van der Waals surface area contributed by atoms with E-state index in [4.69, 9.17) is 4.99 Å². The topological polar surface area (TPSA) is 47.9 Å². The largest absolute Gasteiger partial charge is 0.356 e. The number of thiophene rings is 1. The van der Waals surface area contributed by atoms with Gasteiger partial charge in [-0.05, 0) is 44.2 Å². The summed E-state index contributed by atoms with van der Waals surface area (Å²) in [4.78, 5) is 23.1. The summed E-state index contributed by atoms with van der Waals surface area (Å²) in [7, 11) is 0. The molecule has 1 fully saturated rings. The second-order valence-electron chi connectivity index (χ2n) is 8.45. The predicted molar refractivity (Wildman–Crippen MR) is 109 cm³/mol. The van der Waals surface area contributed by atoms with E-state index >= 15 is 0 Å². The minimum atomic E-state index is 0.0697. The third-order valence-corrected chi connectivity index (χ3v) is 7.25. The van der Waals surface area contributed by atoms with Crippen molar-refractivity contribution in [2.45, 2.75) is 59.5 Å². The Kier molecular flexibility index (Phi) is 5.33. The van der Waals surface area contributed by atoms with Crippen LogP contribution in [0.15, 0.2) is 16.4 Å². The molecule has 0 radical (unpaired) electrons. The third kappa shape index (κ3) is 3.48. The Balaban J connectivity index is 1.57. The Hall–Kier alpha value is -1.56. The molecule has 0 atom stereocenters. The number of nitrogens with zero attached hydrogens (tertiary/aromatic N) is 3. The molecule has 3 heterocycles. The van der Waals surface area contributed by atoms with Gasteiger partial charge < -0.3 is 15.1 Å². The van der Waals surface area contributed by atoms with Crippen molar-refractivity contribution >= 4 is 23.2 Å². The molecule has 1 N–H and O–H groups in total. The molecule has 0 spiro atoms. The molecule has 0 aromatic carbocycles. The van der Waals surface area contributed by atoms with Gasteiger partial charge in [-0.15, -0.1) is 11.3 Å². The number of carbonyl (C=O) groups excluding carboxylic acids is 1. The van der Waals surface area contributed by atoms with Crippen molar-refractivity contribution in [3.63, 3.8) is 0 Å². The Morgan fingerprint density at radius 1 is 1.35 bits per heavy atom. The molecule has 144 valence electrons. The van der Waals surface area contributed by atoms with Gasteiger partial charge in [0.05, 0.1) is 6.54 Å². The second-order valence-corrected chi connectivity index (χ2v) is 9.45. The molecule has 1 saturated heterocycles. The first-order valence-electron chi connectivity index (χ1n) is 9.65. The van der Waals surface area contributed by atoms with Crippen LogP contribution < -0.4 is 5.32 Å². The minimum Gasteiger partial charge on any atom is -0.356 e. The standard InChI is InChI=1S/C20H32N4OS/c1-6-21-18(24-14-19(2,3)20(24,4)5)22-10-7-17(25)23-11-8-16-15(13-23)9-12-26-16/h9,12H,6-8,10-11,13-14H2,1-5H3,(H,21,22). The van der Waals surface area contributed by atoms with E-state index < -0.39 is 0 Å². The lowest BCUT2D eigenvalue weighted by molar-refractivity contribution is -0.131. The van der Waals surface area contributed by atoms with E-state index in [-0.39, 0.29) is 16.9 Å². The number of fused-ring (bicyclic) bond motifs is 1. The monoisotopic (exact) mass is 376 g/mol. The summed E-state index contributed by atoms with van der Waals surface area (Å²) in [6.45, 7) is 15.2. The Labute approximate surface area is 161 Å². The van der Waals surface area contributed by atoms with Crippen LogP contribution in [0.2, 0.25) is 0 Å². The number of carbonyl (C=O) groups is 1. The molecule has 1 aromatic rings. The fourth-order valence-corrected chi connectivity index (χ4v) is 4.56. The van der Waals surface area contributed by atoms with Crippen LogP contribution in [0.5, 0.6) is 0 Å². The lowest BCUT2D eigenvalue weighted by Gasteiger charge is -2.62. The SMILES string of the molecule is CCNC(=NCCC(=O)N1CCc2sccc2C1)N1CC(C)(C)C1(C)C. The summed E-state index contributed by atoms with van der Waals surface area (Å²) in [6, 6.07) is 2.15. The van der Waals surface area contributed by atoms with Gasteiger partial charge in [0.25, 0.3) is 0 Å². The fourth-order valence-electron chi connectivity index (χ4n) is 3.67. The zero-order valence-electron chi connectivity index (χ0n) is 16.8. The van der Waals surface area contributed by atoms with E-state index in [1.165, 1.54) is 10.4 Å². The first-order chi connectivity index (χ1) is 12.3. The van der Waals surface area contributed by atoms with Crippen LogP contribution in [-0.2, 0) is 17.8 Å². The van der Waals surface area contributed by atoms with E-state index in [9.17, 15) is 4.79 Å². The zero-order valence-corrected chi connectivity index (χ0v) is 17.6.